The first-order valence-corrected chi connectivity index (χ1v) is 10.1. The predicted molar refractivity (Wildman–Crippen MR) is 117 cm³/mol. The van der Waals surface area contributed by atoms with Gasteiger partial charge in [0.15, 0.2) is 0 Å². The van der Waals surface area contributed by atoms with E-state index in [2.05, 4.69) is 10.6 Å². The lowest BCUT2D eigenvalue weighted by Gasteiger charge is -2.28. The van der Waals surface area contributed by atoms with Crippen molar-refractivity contribution >= 4 is 17.8 Å². The Bertz CT molecular complexity index is 876. The molecule has 30 heavy (non-hydrogen) atoms. The second kappa shape index (κ2) is 10.1. The maximum atomic E-state index is 12.8. The number of amides is 2. The minimum Gasteiger partial charge on any atom is -0.481 e. The molecule has 0 aromatic heterocycles. The largest absolute Gasteiger partial charge is 0.481 e. The second-order valence-electron chi connectivity index (χ2n) is 8.17. The van der Waals surface area contributed by atoms with Crippen LogP contribution >= 0.6 is 0 Å². The van der Waals surface area contributed by atoms with Gasteiger partial charge in [-0.05, 0) is 49.9 Å². The van der Waals surface area contributed by atoms with E-state index in [-0.39, 0.29) is 12.3 Å². The molecular formula is C24H30N2O4. The maximum Gasteiger partial charge on any atom is 0.306 e. The summed E-state index contributed by atoms with van der Waals surface area (Å²) in [5.41, 5.74) is 1.97. The van der Waals surface area contributed by atoms with Crippen molar-refractivity contribution in [1.82, 2.24) is 10.6 Å². The zero-order valence-electron chi connectivity index (χ0n) is 17.9. The number of rotatable bonds is 9. The molecule has 0 aliphatic rings. The van der Waals surface area contributed by atoms with E-state index >= 15 is 0 Å². The number of hydrogen-bond donors (Lipinski definition) is 3. The van der Waals surface area contributed by atoms with E-state index < -0.39 is 29.4 Å². The summed E-state index contributed by atoms with van der Waals surface area (Å²) >= 11 is 0. The molecule has 160 valence electrons. The Morgan fingerprint density at radius 2 is 1.53 bits per heavy atom. The molecule has 0 bridgehead atoms. The van der Waals surface area contributed by atoms with Gasteiger partial charge in [-0.3, -0.25) is 14.4 Å². The summed E-state index contributed by atoms with van der Waals surface area (Å²) < 4.78 is 0. The molecule has 0 aliphatic carbocycles. The van der Waals surface area contributed by atoms with Gasteiger partial charge in [0.1, 0.15) is 6.04 Å². The van der Waals surface area contributed by atoms with E-state index in [1.165, 1.54) is 6.92 Å². The lowest BCUT2D eigenvalue weighted by Crippen LogP contribution is -2.53. The average Bonchev–Trinajstić information content (AvgIpc) is 2.73. The van der Waals surface area contributed by atoms with Gasteiger partial charge in [-0.25, -0.2) is 0 Å². The van der Waals surface area contributed by atoms with Crippen molar-refractivity contribution in [3.05, 3.63) is 60.2 Å². The fraction of sp³-hybridized carbons (Fsp3) is 0.375. The number of aliphatic carboxylic acids is 1. The highest BCUT2D eigenvalue weighted by Crippen LogP contribution is 2.19. The normalized spacial score (nSPS) is 13.2. The molecule has 0 aliphatic heterocycles. The molecule has 0 heterocycles. The molecule has 0 fully saturated rings. The topological polar surface area (TPSA) is 95.5 Å². The molecule has 2 atom stereocenters. The van der Waals surface area contributed by atoms with Crippen LogP contribution in [0, 0.1) is 5.92 Å². The number of carbonyl (C=O) groups excluding carboxylic acids is 2. The first-order valence-electron chi connectivity index (χ1n) is 10.1. The molecule has 2 aromatic rings. The molecular weight excluding hydrogens is 380 g/mol. The molecule has 2 aromatic carbocycles. The highest BCUT2D eigenvalue weighted by molar-refractivity contribution is 5.98. The van der Waals surface area contributed by atoms with Gasteiger partial charge in [0.05, 0.1) is 5.92 Å². The lowest BCUT2D eigenvalue weighted by molar-refractivity contribution is -0.141. The monoisotopic (exact) mass is 410 g/mol. The van der Waals surface area contributed by atoms with Gasteiger partial charge >= 0.3 is 5.97 Å². The summed E-state index contributed by atoms with van der Waals surface area (Å²) in [6.45, 7) is 7.23. The molecule has 6 heteroatoms. The van der Waals surface area contributed by atoms with Crippen molar-refractivity contribution in [1.29, 1.82) is 0 Å². The van der Waals surface area contributed by atoms with Crippen molar-refractivity contribution in [3.63, 3.8) is 0 Å². The highest BCUT2D eigenvalue weighted by Gasteiger charge is 2.29. The standard InChI is InChI=1S/C24H30N2O4/c1-5-24(3,4)26-22(28)20(15-16(2)23(29)30)25-21(27)19-13-11-18(12-14-19)17-9-7-6-8-10-17/h6-14,16,20H,5,15H2,1-4H3,(H,25,27)(H,26,28)(H,29,30)/t16?,20-/m0/s1. The first kappa shape index (κ1) is 23.1. The number of carboxylic acid groups (broad SMARTS) is 1. The van der Waals surface area contributed by atoms with Crippen LogP contribution in [0.4, 0.5) is 0 Å². The van der Waals surface area contributed by atoms with Crippen molar-refractivity contribution in [2.45, 2.75) is 52.1 Å². The Morgan fingerprint density at radius 3 is 2.07 bits per heavy atom. The van der Waals surface area contributed by atoms with E-state index in [9.17, 15) is 19.5 Å². The maximum absolute atomic E-state index is 12.8. The van der Waals surface area contributed by atoms with Crippen LogP contribution in [0.2, 0.25) is 0 Å². The third-order valence-corrected chi connectivity index (χ3v) is 5.23. The van der Waals surface area contributed by atoms with Gasteiger partial charge < -0.3 is 15.7 Å². The summed E-state index contributed by atoms with van der Waals surface area (Å²) in [4.78, 5) is 36.8. The summed E-state index contributed by atoms with van der Waals surface area (Å²) in [6.07, 6.45) is 0.712. The Morgan fingerprint density at radius 1 is 0.967 bits per heavy atom. The Hall–Kier alpha value is -3.15. The average molecular weight is 411 g/mol. The van der Waals surface area contributed by atoms with Gasteiger partial charge in [0.2, 0.25) is 5.91 Å². The van der Waals surface area contributed by atoms with E-state index in [1.54, 1.807) is 12.1 Å². The second-order valence-corrected chi connectivity index (χ2v) is 8.17. The third-order valence-electron chi connectivity index (χ3n) is 5.23. The van der Waals surface area contributed by atoms with Crippen LogP contribution in [-0.4, -0.2) is 34.5 Å². The molecule has 0 saturated carbocycles. The minimum atomic E-state index is -1.01. The molecule has 0 radical (unpaired) electrons. The first-order chi connectivity index (χ1) is 14.1. The quantitative estimate of drug-likeness (QED) is 0.585. The van der Waals surface area contributed by atoms with Crippen LogP contribution < -0.4 is 10.6 Å². The number of benzene rings is 2. The van der Waals surface area contributed by atoms with E-state index in [0.29, 0.717) is 12.0 Å². The molecule has 6 nitrogen and oxygen atoms in total. The number of hydrogen-bond acceptors (Lipinski definition) is 3. The van der Waals surface area contributed by atoms with Crippen LogP contribution in [0.5, 0.6) is 0 Å². The fourth-order valence-corrected chi connectivity index (χ4v) is 2.88. The van der Waals surface area contributed by atoms with Crippen molar-refractivity contribution in [2.75, 3.05) is 0 Å². The van der Waals surface area contributed by atoms with Gasteiger partial charge in [0.25, 0.3) is 5.91 Å². The van der Waals surface area contributed by atoms with Crippen LogP contribution in [0.25, 0.3) is 11.1 Å². The van der Waals surface area contributed by atoms with Gasteiger partial charge in [0, 0.05) is 11.1 Å². The zero-order valence-corrected chi connectivity index (χ0v) is 17.9. The molecule has 1 unspecified atom stereocenters. The Balaban J connectivity index is 2.16. The Kier molecular flexibility index (Phi) is 7.75. The van der Waals surface area contributed by atoms with Gasteiger partial charge in [-0.15, -0.1) is 0 Å². The van der Waals surface area contributed by atoms with Crippen LogP contribution in [0.15, 0.2) is 54.6 Å². The molecule has 2 rings (SSSR count). The molecule has 3 N–H and O–H groups in total. The summed E-state index contributed by atoms with van der Waals surface area (Å²) in [5, 5.41) is 14.8. The SMILES string of the molecule is CCC(C)(C)NC(=O)[C@H](CC(C)C(=O)O)NC(=O)c1ccc(-c2ccccc2)cc1. The molecule has 0 spiro atoms. The summed E-state index contributed by atoms with van der Waals surface area (Å²) in [6, 6.07) is 15.9. The minimum absolute atomic E-state index is 0.00873. The van der Waals surface area contributed by atoms with E-state index in [0.717, 1.165) is 11.1 Å². The van der Waals surface area contributed by atoms with Gasteiger partial charge in [-0.1, -0.05) is 56.3 Å². The van der Waals surface area contributed by atoms with Crippen molar-refractivity contribution in [3.8, 4) is 11.1 Å². The van der Waals surface area contributed by atoms with Crippen molar-refractivity contribution in [2.24, 2.45) is 5.92 Å². The number of nitrogens with one attached hydrogen (secondary N) is 2. The van der Waals surface area contributed by atoms with Crippen molar-refractivity contribution < 1.29 is 19.5 Å². The van der Waals surface area contributed by atoms with Crippen LogP contribution in [0.1, 0.15) is 50.9 Å². The third kappa shape index (κ3) is 6.44. The number of carbonyl (C=O) groups is 3. The van der Waals surface area contributed by atoms with Crippen LogP contribution in [-0.2, 0) is 9.59 Å². The smallest absolute Gasteiger partial charge is 0.306 e. The number of carboxylic acids is 1. The Labute approximate surface area is 177 Å². The predicted octanol–water partition coefficient (Wildman–Crippen LogP) is 3.87. The summed E-state index contributed by atoms with van der Waals surface area (Å²) in [7, 11) is 0. The molecule has 0 saturated heterocycles. The van der Waals surface area contributed by atoms with E-state index in [4.69, 9.17) is 0 Å². The lowest BCUT2D eigenvalue weighted by atomic mass is 9.97. The highest BCUT2D eigenvalue weighted by atomic mass is 16.4. The fourth-order valence-electron chi connectivity index (χ4n) is 2.88. The zero-order chi connectivity index (χ0) is 22.3. The summed E-state index contributed by atoms with van der Waals surface area (Å²) in [5.74, 6) is -2.58. The van der Waals surface area contributed by atoms with Crippen LogP contribution in [0.3, 0.4) is 0 Å². The van der Waals surface area contributed by atoms with E-state index in [1.807, 2.05) is 63.2 Å². The van der Waals surface area contributed by atoms with Gasteiger partial charge in [-0.2, -0.15) is 0 Å². The molecule has 2 amide bonds.